The molecule has 0 aliphatic carbocycles. The van der Waals surface area contributed by atoms with E-state index in [4.69, 9.17) is 14.7 Å². The molecule has 4 heteroatoms. The molecule has 0 amide bonds. The van der Waals surface area contributed by atoms with E-state index < -0.39 is 0 Å². The summed E-state index contributed by atoms with van der Waals surface area (Å²) in [4.78, 5) is 9.67. The molecule has 4 nitrogen and oxygen atoms in total. The molecule has 200 valence electrons. The van der Waals surface area contributed by atoms with Gasteiger partial charge in [-0.05, 0) is 62.1 Å². The van der Waals surface area contributed by atoms with E-state index in [2.05, 4.69) is 76.2 Å². The summed E-state index contributed by atoms with van der Waals surface area (Å²) in [5.74, 6) is 0.817. The molecule has 40 heavy (non-hydrogen) atoms. The highest BCUT2D eigenvalue weighted by Gasteiger charge is 2.13. The number of methoxy groups -OCH3 is 1. The SMILES string of the molecule is COc1cc2cccc(C)c2nc1-c1ccccc1C.Cc1ccccc1-c1nc2c(C)cccc2cc1CO. The van der Waals surface area contributed by atoms with Crippen LogP contribution in [0.2, 0.25) is 0 Å². The Kier molecular flexibility index (Phi) is 7.90. The van der Waals surface area contributed by atoms with Crippen molar-refractivity contribution < 1.29 is 9.84 Å². The van der Waals surface area contributed by atoms with Crippen LogP contribution in [0.4, 0.5) is 0 Å². The van der Waals surface area contributed by atoms with Gasteiger partial charge in [-0.1, -0.05) is 84.9 Å². The molecule has 0 spiro atoms. The van der Waals surface area contributed by atoms with Crippen LogP contribution >= 0.6 is 0 Å². The number of fused-ring (bicyclic) bond motifs is 2. The van der Waals surface area contributed by atoms with E-state index in [9.17, 15) is 5.11 Å². The normalized spacial score (nSPS) is 10.8. The number of nitrogens with zero attached hydrogens (tertiary/aromatic N) is 2. The minimum absolute atomic E-state index is 0.000545. The third-order valence-corrected chi connectivity index (χ3v) is 7.33. The third-order valence-electron chi connectivity index (χ3n) is 7.33. The minimum Gasteiger partial charge on any atom is -0.494 e. The highest BCUT2D eigenvalue weighted by atomic mass is 16.5. The fourth-order valence-electron chi connectivity index (χ4n) is 5.10. The first-order chi connectivity index (χ1) is 19.4. The van der Waals surface area contributed by atoms with Crippen molar-refractivity contribution in [3.63, 3.8) is 0 Å². The minimum atomic E-state index is 0.000545. The number of aliphatic hydroxyl groups is 1. The molecule has 0 bridgehead atoms. The zero-order chi connectivity index (χ0) is 28.2. The van der Waals surface area contributed by atoms with Gasteiger partial charge in [-0.15, -0.1) is 0 Å². The number of pyridine rings is 2. The summed E-state index contributed by atoms with van der Waals surface area (Å²) in [6.45, 7) is 8.32. The second-order valence-electron chi connectivity index (χ2n) is 10.1. The Balaban J connectivity index is 0.000000161. The molecular formula is C36H34N2O2. The van der Waals surface area contributed by atoms with Gasteiger partial charge >= 0.3 is 0 Å². The molecule has 0 unspecified atom stereocenters. The number of ether oxygens (including phenoxy) is 1. The zero-order valence-corrected chi connectivity index (χ0v) is 23.7. The van der Waals surface area contributed by atoms with E-state index in [1.54, 1.807) is 7.11 Å². The van der Waals surface area contributed by atoms with Gasteiger partial charge in [0.1, 0.15) is 11.4 Å². The monoisotopic (exact) mass is 526 g/mol. The Hall–Kier alpha value is -4.54. The van der Waals surface area contributed by atoms with Gasteiger partial charge in [0.05, 0.1) is 30.4 Å². The Morgan fingerprint density at radius 2 is 1.05 bits per heavy atom. The summed E-state index contributed by atoms with van der Waals surface area (Å²) < 4.78 is 5.54. The van der Waals surface area contributed by atoms with Crippen LogP contribution in [0.5, 0.6) is 5.75 Å². The summed E-state index contributed by atoms with van der Waals surface area (Å²) in [6.07, 6.45) is 0. The van der Waals surface area contributed by atoms with Gasteiger partial charge in [0.15, 0.2) is 0 Å². The number of aromatic nitrogens is 2. The number of rotatable bonds is 4. The highest BCUT2D eigenvalue weighted by Crippen LogP contribution is 2.34. The number of para-hydroxylation sites is 2. The maximum atomic E-state index is 9.66. The Morgan fingerprint density at radius 3 is 1.57 bits per heavy atom. The van der Waals surface area contributed by atoms with Crippen molar-refractivity contribution in [3.05, 3.63) is 125 Å². The standard InChI is InChI=1S/2C18H17NO/c1-12-7-4-5-10-15(12)18-16(20-3)11-14-9-6-8-13(2)17(14)19-18;1-12-6-3-4-9-16(12)18-15(11-20)10-14-8-5-7-13(2)17(14)19-18/h4-11H,1-3H3;3-10,20H,11H2,1-2H3. The lowest BCUT2D eigenvalue weighted by Crippen LogP contribution is -1.97. The Morgan fingerprint density at radius 1 is 0.575 bits per heavy atom. The van der Waals surface area contributed by atoms with Crippen LogP contribution < -0.4 is 4.74 Å². The number of benzene rings is 4. The molecule has 6 rings (SSSR count). The van der Waals surface area contributed by atoms with Crippen LogP contribution in [0.3, 0.4) is 0 Å². The van der Waals surface area contributed by atoms with Gasteiger partial charge in [0, 0.05) is 27.5 Å². The van der Waals surface area contributed by atoms with Crippen LogP contribution in [0.25, 0.3) is 44.3 Å². The van der Waals surface area contributed by atoms with Crippen molar-refractivity contribution in [2.45, 2.75) is 34.3 Å². The van der Waals surface area contributed by atoms with Crippen molar-refractivity contribution in [1.82, 2.24) is 9.97 Å². The quantitative estimate of drug-likeness (QED) is 0.250. The number of aryl methyl sites for hydroxylation is 4. The molecule has 2 heterocycles. The molecule has 0 fully saturated rings. The van der Waals surface area contributed by atoms with Gasteiger partial charge in [-0.3, -0.25) is 0 Å². The van der Waals surface area contributed by atoms with E-state index in [-0.39, 0.29) is 6.61 Å². The molecule has 0 saturated heterocycles. The van der Waals surface area contributed by atoms with Crippen LogP contribution in [-0.2, 0) is 6.61 Å². The van der Waals surface area contributed by atoms with Gasteiger partial charge in [-0.25, -0.2) is 9.97 Å². The number of aliphatic hydroxyl groups excluding tert-OH is 1. The summed E-state index contributed by atoms with van der Waals surface area (Å²) in [7, 11) is 1.69. The predicted molar refractivity (Wildman–Crippen MR) is 166 cm³/mol. The van der Waals surface area contributed by atoms with E-state index in [1.165, 1.54) is 16.7 Å². The van der Waals surface area contributed by atoms with Gasteiger partial charge < -0.3 is 9.84 Å². The average Bonchev–Trinajstić information content (AvgIpc) is 2.97. The molecule has 0 radical (unpaired) electrons. The maximum Gasteiger partial charge on any atom is 0.145 e. The summed E-state index contributed by atoms with van der Waals surface area (Å²) in [5.41, 5.74) is 11.6. The van der Waals surface area contributed by atoms with Crippen LogP contribution in [0, 0.1) is 27.7 Å². The third kappa shape index (κ3) is 5.31. The van der Waals surface area contributed by atoms with Gasteiger partial charge in [-0.2, -0.15) is 0 Å². The van der Waals surface area contributed by atoms with Crippen LogP contribution in [-0.4, -0.2) is 22.2 Å². The zero-order valence-electron chi connectivity index (χ0n) is 23.7. The second kappa shape index (κ2) is 11.7. The molecule has 6 aromatic rings. The molecule has 0 atom stereocenters. The number of hydrogen-bond acceptors (Lipinski definition) is 4. The molecule has 0 saturated carbocycles. The van der Waals surface area contributed by atoms with E-state index in [0.717, 1.165) is 61.2 Å². The van der Waals surface area contributed by atoms with Crippen molar-refractivity contribution in [2.24, 2.45) is 0 Å². The highest BCUT2D eigenvalue weighted by molar-refractivity contribution is 5.88. The molecule has 0 aliphatic heterocycles. The van der Waals surface area contributed by atoms with Crippen molar-refractivity contribution in [3.8, 4) is 28.3 Å². The topological polar surface area (TPSA) is 55.2 Å². The van der Waals surface area contributed by atoms with Crippen LogP contribution in [0.1, 0.15) is 27.8 Å². The maximum absolute atomic E-state index is 9.66. The Labute approximate surface area is 236 Å². The predicted octanol–water partition coefficient (Wildman–Crippen LogP) is 8.54. The lowest BCUT2D eigenvalue weighted by molar-refractivity contribution is 0.282. The van der Waals surface area contributed by atoms with E-state index >= 15 is 0 Å². The molecule has 2 aromatic heterocycles. The first kappa shape index (κ1) is 27.0. The van der Waals surface area contributed by atoms with E-state index in [0.29, 0.717) is 0 Å². The first-order valence-electron chi connectivity index (χ1n) is 13.5. The summed E-state index contributed by atoms with van der Waals surface area (Å²) in [6, 6.07) is 32.8. The second-order valence-corrected chi connectivity index (χ2v) is 10.1. The van der Waals surface area contributed by atoms with Gasteiger partial charge in [0.25, 0.3) is 0 Å². The van der Waals surface area contributed by atoms with Crippen LogP contribution in [0.15, 0.2) is 97.1 Å². The van der Waals surface area contributed by atoms with Crippen molar-refractivity contribution in [2.75, 3.05) is 7.11 Å². The molecule has 1 N–H and O–H groups in total. The van der Waals surface area contributed by atoms with Crippen molar-refractivity contribution >= 4 is 21.8 Å². The smallest absolute Gasteiger partial charge is 0.145 e. The fourth-order valence-corrected chi connectivity index (χ4v) is 5.10. The Bertz CT molecular complexity index is 1690. The molecular weight excluding hydrogens is 492 g/mol. The molecule has 0 aliphatic rings. The molecule has 4 aromatic carbocycles. The lowest BCUT2D eigenvalue weighted by Gasteiger charge is -2.12. The number of hydrogen-bond donors (Lipinski definition) is 1. The fraction of sp³-hybridized carbons (Fsp3) is 0.167. The lowest BCUT2D eigenvalue weighted by atomic mass is 9.99. The average molecular weight is 527 g/mol. The summed E-state index contributed by atoms with van der Waals surface area (Å²) >= 11 is 0. The van der Waals surface area contributed by atoms with Crippen molar-refractivity contribution in [1.29, 1.82) is 0 Å². The largest absolute Gasteiger partial charge is 0.494 e. The van der Waals surface area contributed by atoms with Gasteiger partial charge in [0.2, 0.25) is 0 Å². The first-order valence-corrected chi connectivity index (χ1v) is 13.5. The van der Waals surface area contributed by atoms with E-state index in [1.807, 2.05) is 48.5 Å². The summed E-state index contributed by atoms with van der Waals surface area (Å²) in [5, 5.41) is 11.8.